The fourth-order valence-corrected chi connectivity index (χ4v) is 7.28. The number of nitrogens with zero attached hydrogens (tertiary/aromatic N) is 2. The monoisotopic (exact) mass is 564 g/mol. The maximum absolute atomic E-state index is 13.8. The zero-order valence-electron chi connectivity index (χ0n) is 25.1. The van der Waals surface area contributed by atoms with Crippen LogP contribution in [-0.2, 0) is 35.6 Å². The molecule has 6 nitrogen and oxygen atoms in total. The number of benzene rings is 2. The van der Waals surface area contributed by atoms with Crippen molar-refractivity contribution in [1.29, 1.82) is 0 Å². The van der Waals surface area contributed by atoms with Crippen molar-refractivity contribution in [1.82, 2.24) is 14.9 Å². The van der Waals surface area contributed by atoms with Gasteiger partial charge in [0.1, 0.15) is 5.65 Å². The van der Waals surface area contributed by atoms with Crippen LogP contribution in [0, 0.1) is 12.8 Å². The van der Waals surface area contributed by atoms with E-state index in [0.29, 0.717) is 12.5 Å². The fraction of sp³-hybridized carbons (Fsp3) is 0.444. The Bertz CT molecular complexity index is 1500. The van der Waals surface area contributed by atoms with Crippen molar-refractivity contribution >= 4 is 22.6 Å². The highest BCUT2D eigenvalue weighted by atomic mass is 16.6. The van der Waals surface area contributed by atoms with Crippen molar-refractivity contribution in [2.24, 2.45) is 5.92 Å². The van der Waals surface area contributed by atoms with E-state index in [-0.39, 0.29) is 11.8 Å². The number of anilines is 1. The number of carbonyl (C=O) groups excluding carboxylic acids is 1. The summed E-state index contributed by atoms with van der Waals surface area (Å²) >= 11 is 0. The van der Waals surface area contributed by atoms with Gasteiger partial charge in [0.05, 0.1) is 18.7 Å². The molecular formula is C36H44N4O2. The third kappa shape index (κ3) is 6.10. The van der Waals surface area contributed by atoms with E-state index in [4.69, 9.17) is 9.82 Å². The van der Waals surface area contributed by atoms with Crippen LogP contribution in [0.1, 0.15) is 90.8 Å². The first kappa shape index (κ1) is 28.5. The minimum Gasteiger partial charge on any atom is -0.351 e. The molecule has 220 valence electrons. The van der Waals surface area contributed by atoms with Crippen molar-refractivity contribution in [3.63, 3.8) is 0 Å². The van der Waals surface area contributed by atoms with Crippen LogP contribution in [0.3, 0.4) is 0 Å². The highest BCUT2D eigenvalue weighted by Crippen LogP contribution is 2.37. The molecule has 6 heteroatoms. The lowest BCUT2D eigenvalue weighted by atomic mass is 9.80. The van der Waals surface area contributed by atoms with E-state index in [0.717, 1.165) is 54.7 Å². The van der Waals surface area contributed by atoms with Gasteiger partial charge in [-0.25, -0.2) is 4.98 Å². The van der Waals surface area contributed by atoms with Gasteiger partial charge in [0, 0.05) is 30.4 Å². The summed E-state index contributed by atoms with van der Waals surface area (Å²) in [5.74, 6) is 0.383. The highest BCUT2D eigenvalue weighted by Gasteiger charge is 2.30. The second-order valence-electron chi connectivity index (χ2n) is 12.2. The first-order valence-electron chi connectivity index (χ1n) is 15.8. The Balaban J connectivity index is 1.23. The summed E-state index contributed by atoms with van der Waals surface area (Å²) in [5, 5.41) is 4.63. The normalized spacial score (nSPS) is 16.5. The van der Waals surface area contributed by atoms with Gasteiger partial charge < -0.3 is 9.88 Å². The first-order valence-corrected chi connectivity index (χ1v) is 15.8. The van der Waals surface area contributed by atoms with E-state index in [1.165, 1.54) is 66.3 Å². The van der Waals surface area contributed by atoms with Crippen molar-refractivity contribution in [2.45, 2.75) is 90.1 Å². The predicted octanol–water partition coefficient (Wildman–Crippen LogP) is 7.62. The van der Waals surface area contributed by atoms with Crippen LogP contribution in [0.5, 0.6) is 0 Å². The van der Waals surface area contributed by atoms with Gasteiger partial charge in [-0.3, -0.25) is 15.1 Å². The minimum atomic E-state index is -0.129. The molecule has 0 bridgehead atoms. The maximum Gasteiger partial charge on any atom is 0.228 e. The van der Waals surface area contributed by atoms with Crippen LogP contribution in [0.4, 0.5) is 5.69 Å². The van der Waals surface area contributed by atoms with Crippen LogP contribution in [-0.4, -0.2) is 22.6 Å². The largest absolute Gasteiger partial charge is 0.351 e. The van der Waals surface area contributed by atoms with Crippen LogP contribution in [0.15, 0.2) is 60.8 Å². The number of fused-ring (bicyclic) bond motifs is 3. The summed E-state index contributed by atoms with van der Waals surface area (Å²) < 4.78 is 2.45. The molecule has 0 aliphatic heterocycles. The van der Waals surface area contributed by atoms with Crippen molar-refractivity contribution in [3.8, 4) is 0 Å². The molecule has 2 aromatic carbocycles. The quantitative estimate of drug-likeness (QED) is 0.162. The Hall–Kier alpha value is -3.64. The van der Waals surface area contributed by atoms with E-state index in [2.05, 4.69) is 52.6 Å². The molecule has 0 spiro atoms. The lowest BCUT2D eigenvalue weighted by molar-refractivity contribution is -0.124. The lowest BCUT2D eigenvalue weighted by Gasteiger charge is -2.26. The number of nitrogens with one attached hydrogen (secondary N) is 2. The second-order valence-corrected chi connectivity index (χ2v) is 12.2. The van der Waals surface area contributed by atoms with E-state index >= 15 is 0 Å². The molecule has 42 heavy (non-hydrogen) atoms. The van der Waals surface area contributed by atoms with Crippen molar-refractivity contribution < 1.29 is 9.63 Å². The molecule has 1 saturated carbocycles. The Morgan fingerprint density at radius 1 is 0.929 bits per heavy atom. The Morgan fingerprint density at radius 3 is 2.38 bits per heavy atom. The molecule has 2 aromatic heterocycles. The van der Waals surface area contributed by atoms with E-state index in [9.17, 15) is 4.79 Å². The number of hydrogen-bond donors (Lipinski definition) is 2. The van der Waals surface area contributed by atoms with Gasteiger partial charge >= 0.3 is 0 Å². The molecule has 4 aromatic rings. The fourth-order valence-electron chi connectivity index (χ4n) is 7.28. The molecule has 0 radical (unpaired) electrons. The number of aryl methyl sites for hydroxylation is 2. The van der Waals surface area contributed by atoms with Crippen LogP contribution >= 0.6 is 0 Å². The summed E-state index contributed by atoms with van der Waals surface area (Å²) in [4.78, 5) is 23.6. The van der Waals surface area contributed by atoms with Gasteiger partial charge in [0.2, 0.25) is 5.91 Å². The number of aromatic nitrogens is 2. The maximum atomic E-state index is 13.8. The van der Waals surface area contributed by atoms with Gasteiger partial charge in [0.15, 0.2) is 0 Å². The van der Waals surface area contributed by atoms with Crippen LogP contribution < -0.4 is 10.8 Å². The van der Waals surface area contributed by atoms with E-state index < -0.39 is 0 Å². The lowest BCUT2D eigenvalue weighted by Crippen LogP contribution is -2.33. The number of carbonyl (C=O) groups is 1. The molecule has 2 aliphatic rings. The number of pyridine rings is 1. The summed E-state index contributed by atoms with van der Waals surface area (Å²) in [5.41, 5.74) is 12.6. The second kappa shape index (κ2) is 13.1. The smallest absolute Gasteiger partial charge is 0.228 e. The summed E-state index contributed by atoms with van der Waals surface area (Å²) in [6.45, 7) is 3.55. The molecule has 2 aliphatic carbocycles. The molecule has 2 N–H and O–H groups in total. The Kier molecular flexibility index (Phi) is 8.90. The van der Waals surface area contributed by atoms with Gasteiger partial charge in [0.25, 0.3) is 0 Å². The SMILES string of the molecule is CONc1ccc(CNC(=O)C(c2ccc(Cn3c4c(c5c(C)ccnc53)CCCC4)cc2)C2CCCCCC2)cc1. The standard InChI is InChI=1S/C36H44N4O2/c1-25-21-22-37-35-33(25)31-11-7-8-12-32(31)40(35)24-27-13-17-29(18-14-27)34(28-9-5-3-4-6-10-28)36(41)38-23-26-15-19-30(20-16-26)39-42-2/h13-22,28,34,39H,3-12,23-24H2,1-2H3,(H,38,41). The zero-order valence-corrected chi connectivity index (χ0v) is 25.1. The molecular weight excluding hydrogens is 520 g/mol. The van der Waals surface area contributed by atoms with Gasteiger partial charge in [-0.05, 0) is 97.4 Å². The van der Waals surface area contributed by atoms with Gasteiger partial charge in [-0.2, -0.15) is 0 Å². The Morgan fingerprint density at radius 2 is 1.64 bits per heavy atom. The molecule has 1 fully saturated rings. The van der Waals surface area contributed by atoms with Gasteiger partial charge in [-0.15, -0.1) is 0 Å². The molecule has 1 unspecified atom stereocenters. The number of hydrogen-bond acceptors (Lipinski definition) is 4. The molecule has 1 atom stereocenters. The first-order chi connectivity index (χ1) is 20.6. The third-order valence-electron chi connectivity index (χ3n) is 9.44. The predicted molar refractivity (Wildman–Crippen MR) is 170 cm³/mol. The van der Waals surface area contributed by atoms with Gasteiger partial charge in [-0.1, -0.05) is 62.1 Å². The average molecular weight is 565 g/mol. The minimum absolute atomic E-state index is 0.129. The van der Waals surface area contributed by atoms with Crippen LogP contribution in [0.25, 0.3) is 11.0 Å². The molecule has 2 heterocycles. The van der Waals surface area contributed by atoms with Crippen LogP contribution in [0.2, 0.25) is 0 Å². The van der Waals surface area contributed by atoms with Crippen molar-refractivity contribution in [3.05, 3.63) is 94.3 Å². The molecule has 6 rings (SSSR count). The number of amides is 1. The number of rotatable bonds is 9. The third-order valence-corrected chi connectivity index (χ3v) is 9.44. The molecule has 0 saturated heterocycles. The average Bonchev–Trinajstić information content (AvgIpc) is 3.13. The topological polar surface area (TPSA) is 68.2 Å². The summed E-state index contributed by atoms with van der Waals surface area (Å²) in [7, 11) is 1.60. The van der Waals surface area contributed by atoms with Crippen molar-refractivity contribution in [2.75, 3.05) is 12.6 Å². The zero-order chi connectivity index (χ0) is 28.9. The summed E-state index contributed by atoms with van der Waals surface area (Å²) in [6.07, 6.45) is 13.9. The summed E-state index contributed by atoms with van der Waals surface area (Å²) in [6, 6.07) is 19.0. The Labute approximate surface area is 249 Å². The van der Waals surface area contributed by atoms with E-state index in [1.807, 2.05) is 30.5 Å². The molecule has 1 amide bonds. The highest BCUT2D eigenvalue weighted by molar-refractivity contribution is 5.86. The van der Waals surface area contributed by atoms with E-state index in [1.54, 1.807) is 7.11 Å².